The normalized spacial score (nSPS) is 23.6. The molecular formula is C16H27N3O. The zero-order valence-corrected chi connectivity index (χ0v) is 12.9. The van der Waals surface area contributed by atoms with Gasteiger partial charge in [0.2, 0.25) is 0 Å². The number of anilines is 1. The summed E-state index contributed by atoms with van der Waals surface area (Å²) in [6, 6.07) is 2.32. The SMILES string of the molecule is CC1CCCC(NC(=O)c2cc(N)cn2C(C)C)CC1. The van der Waals surface area contributed by atoms with Gasteiger partial charge in [0.25, 0.3) is 5.91 Å². The number of nitrogens with zero attached hydrogens (tertiary/aromatic N) is 1. The van der Waals surface area contributed by atoms with Crippen LogP contribution in [0.2, 0.25) is 0 Å². The number of hydrogen-bond acceptors (Lipinski definition) is 2. The smallest absolute Gasteiger partial charge is 0.268 e. The quantitative estimate of drug-likeness (QED) is 0.832. The molecule has 1 amide bonds. The van der Waals surface area contributed by atoms with E-state index in [0.29, 0.717) is 17.4 Å². The van der Waals surface area contributed by atoms with Crippen molar-refractivity contribution in [2.75, 3.05) is 5.73 Å². The molecule has 1 aliphatic rings. The van der Waals surface area contributed by atoms with Crippen LogP contribution in [0.1, 0.15) is 69.4 Å². The van der Waals surface area contributed by atoms with Gasteiger partial charge in [-0.3, -0.25) is 4.79 Å². The van der Waals surface area contributed by atoms with Crippen molar-refractivity contribution in [1.29, 1.82) is 0 Å². The molecule has 1 fully saturated rings. The molecule has 3 N–H and O–H groups in total. The number of aromatic nitrogens is 1. The summed E-state index contributed by atoms with van der Waals surface area (Å²) < 4.78 is 1.95. The van der Waals surface area contributed by atoms with Crippen LogP contribution in [0.5, 0.6) is 0 Å². The highest BCUT2D eigenvalue weighted by Crippen LogP contribution is 2.23. The molecule has 0 radical (unpaired) electrons. The number of rotatable bonds is 3. The Labute approximate surface area is 121 Å². The molecule has 1 heterocycles. The molecule has 20 heavy (non-hydrogen) atoms. The molecule has 0 aromatic carbocycles. The van der Waals surface area contributed by atoms with Crippen molar-refractivity contribution < 1.29 is 4.79 Å². The number of carbonyl (C=O) groups is 1. The van der Waals surface area contributed by atoms with Crippen molar-refractivity contribution in [2.24, 2.45) is 5.92 Å². The molecule has 0 spiro atoms. The monoisotopic (exact) mass is 277 g/mol. The van der Waals surface area contributed by atoms with Crippen molar-refractivity contribution in [3.63, 3.8) is 0 Å². The van der Waals surface area contributed by atoms with Crippen LogP contribution in [0.15, 0.2) is 12.3 Å². The Balaban J connectivity index is 2.04. The number of nitrogens with two attached hydrogens (primary N) is 1. The first kappa shape index (κ1) is 14.9. The van der Waals surface area contributed by atoms with E-state index in [2.05, 4.69) is 26.1 Å². The van der Waals surface area contributed by atoms with E-state index in [4.69, 9.17) is 5.73 Å². The Morgan fingerprint density at radius 2 is 2.10 bits per heavy atom. The lowest BCUT2D eigenvalue weighted by Gasteiger charge is -2.18. The van der Waals surface area contributed by atoms with Gasteiger partial charge in [0, 0.05) is 18.3 Å². The van der Waals surface area contributed by atoms with Gasteiger partial charge in [0.15, 0.2) is 0 Å². The standard InChI is InChI=1S/C16H27N3O/c1-11(2)19-10-13(17)9-15(19)16(20)18-14-6-4-5-12(3)7-8-14/h9-12,14H,4-8,17H2,1-3H3,(H,18,20). The number of amides is 1. The number of nitrogens with one attached hydrogen (secondary N) is 1. The molecule has 112 valence electrons. The fraction of sp³-hybridized carbons (Fsp3) is 0.688. The highest BCUT2D eigenvalue weighted by atomic mass is 16.2. The summed E-state index contributed by atoms with van der Waals surface area (Å²) in [4.78, 5) is 12.5. The Bertz CT molecular complexity index is 464. The van der Waals surface area contributed by atoms with Gasteiger partial charge in [-0.15, -0.1) is 0 Å². The molecule has 2 atom stereocenters. The summed E-state index contributed by atoms with van der Waals surface area (Å²) in [5.74, 6) is 0.794. The van der Waals surface area contributed by atoms with Crippen LogP contribution in [0.25, 0.3) is 0 Å². The number of hydrogen-bond donors (Lipinski definition) is 2. The van der Waals surface area contributed by atoms with Crippen molar-refractivity contribution in [3.8, 4) is 0 Å². The van der Waals surface area contributed by atoms with E-state index in [1.165, 1.54) is 19.3 Å². The van der Waals surface area contributed by atoms with Crippen molar-refractivity contribution in [2.45, 2.75) is 65.0 Å². The minimum atomic E-state index is 0.00922. The maximum atomic E-state index is 12.5. The van der Waals surface area contributed by atoms with Crippen molar-refractivity contribution >= 4 is 11.6 Å². The molecule has 0 saturated heterocycles. The molecular weight excluding hydrogens is 250 g/mol. The molecule has 0 bridgehead atoms. The Morgan fingerprint density at radius 3 is 2.80 bits per heavy atom. The van der Waals surface area contributed by atoms with E-state index in [0.717, 1.165) is 18.8 Å². The van der Waals surface area contributed by atoms with Gasteiger partial charge in [-0.1, -0.05) is 19.8 Å². The van der Waals surface area contributed by atoms with Crippen LogP contribution >= 0.6 is 0 Å². The molecule has 0 aliphatic heterocycles. The van der Waals surface area contributed by atoms with E-state index < -0.39 is 0 Å². The molecule has 1 saturated carbocycles. The molecule has 1 aromatic rings. The minimum absolute atomic E-state index is 0.00922. The zero-order chi connectivity index (χ0) is 14.7. The summed E-state index contributed by atoms with van der Waals surface area (Å²) in [6.45, 7) is 6.42. The fourth-order valence-electron chi connectivity index (χ4n) is 3.00. The predicted octanol–water partition coefficient (Wildman–Crippen LogP) is 3.35. The van der Waals surface area contributed by atoms with E-state index in [1.807, 2.05) is 10.8 Å². The average molecular weight is 277 g/mol. The molecule has 2 unspecified atom stereocenters. The van der Waals surface area contributed by atoms with Gasteiger partial charge < -0.3 is 15.6 Å². The Morgan fingerprint density at radius 1 is 1.35 bits per heavy atom. The first-order valence-electron chi connectivity index (χ1n) is 7.75. The molecule has 1 aromatic heterocycles. The van der Waals surface area contributed by atoms with Gasteiger partial charge in [-0.25, -0.2) is 0 Å². The largest absolute Gasteiger partial charge is 0.397 e. The van der Waals surface area contributed by atoms with Crippen molar-refractivity contribution in [1.82, 2.24) is 9.88 Å². The van der Waals surface area contributed by atoms with Crippen LogP contribution in [-0.4, -0.2) is 16.5 Å². The fourth-order valence-corrected chi connectivity index (χ4v) is 3.00. The third-order valence-electron chi connectivity index (χ3n) is 4.25. The highest BCUT2D eigenvalue weighted by Gasteiger charge is 2.21. The summed E-state index contributed by atoms with van der Waals surface area (Å²) in [5.41, 5.74) is 7.16. The first-order valence-corrected chi connectivity index (χ1v) is 7.75. The first-order chi connectivity index (χ1) is 9.47. The zero-order valence-electron chi connectivity index (χ0n) is 12.9. The molecule has 2 rings (SSSR count). The number of nitrogen functional groups attached to an aromatic ring is 1. The maximum absolute atomic E-state index is 12.5. The second-order valence-electron chi connectivity index (χ2n) is 6.44. The lowest BCUT2D eigenvalue weighted by molar-refractivity contribution is 0.0922. The Hall–Kier alpha value is -1.45. The second kappa shape index (κ2) is 6.33. The van der Waals surface area contributed by atoms with Crippen LogP contribution in [-0.2, 0) is 0 Å². The van der Waals surface area contributed by atoms with Gasteiger partial charge in [0.1, 0.15) is 5.69 Å². The summed E-state index contributed by atoms with van der Waals surface area (Å²) in [5, 5.41) is 3.19. The maximum Gasteiger partial charge on any atom is 0.268 e. The van der Waals surface area contributed by atoms with Gasteiger partial charge in [-0.2, -0.15) is 0 Å². The summed E-state index contributed by atoms with van der Waals surface area (Å²) in [7, 11) is 0. The lowest BCUT2D eigenvalue weighted by Crippen LogP contribution is -2.35. The summed E-state index contributed by atoms with van der Waals surface area (Å²) >= 11 is 0. The van der Waals surface area contributed by atoms with E-state index in [1.54, 1.807) is 6.07 Å². The van der Waals surface area contributed by atoms with Gasteiger partial charge >= 0.3 is 0 Å². The average Bonchev–Trinajstić information content (AvgIpc) is 2.67. The van der Waals surface area contributed by atoms with Crippen LogP contribution in [0, 0.1) is 5.92 Å². The third kappa shape index (κ3) is 3.56. The molecule has 4 nitrogen and oxygen atoms in total. The minimum Gasteiger partial charge on any atom is -0.397 e. The second-order valence-corrected chi connectivity index (χ2v) is 6.44. The molecule has 1 aliphatic carbocycles. The Kier molecular flexibility index (Phi) is 4.73. The highest BCUT2D eigenvalue weighted by molar-refractivity contribution is 5.94. The molecule has 4 heteroatoms. The van der Waals surface area contributed by atoms with Crippen molar-refractivity contribution in [3.05, 3.63) is 18.0 Å². The topological polar surface area (TPSA) is 60.1 Å². The van der Waals surface area contributed by atoms with E-state index in [-0.39, 0.29) is 11.9 Å². The van der Waals surface area contributed by atoms with E-state index in [9.17, 15) is 4.79 Å². The van der Waals surface area contributed by atoms with Crippen LogP contribution in [0.4, 0.5) is 5.69 Å². The van der Waals surface area contributed by atoms with Crippen LogP contribution in [0.3, 0.4) is 0 Å². The van der Waals surface area contributed by atoms with Crippen LogP contribution < -0.4 is 11.1 Å². The third-order valence-corrected chi connectivity index (χ3v) is 4.25. The number of carbonyl (C=O) groups excluding carboxylic acids is 1. The summed E-state index contributed by atoms with van der Waals surface area (Å²) in [6.07, 6.45) is 7.72. The lowest BCUT2D eigenvalue weighted by atomic mass is 10.0. The predicted molar refractivity (Wildman–Crippen MR) is 82.7 cm³/mol. The van der Waals surface area contributed by atoms with Gasteiger partial charge in [0.05, 0.1) is 5.69 Å². The van der Waals surface area contributed by atoms with E-state index >= 15 is 0 Å². The van der Waals surface area contributed by atoms with Gasteiger partial charge in [-0.05, 0) is 45.1 Å².